The van der Waals surface area contributed by atoms with Gasteiger partial charge in [-0.15, -0.1) is 0 Å². The largest absolute Gasteiger partial charge is 0.491 e. The fraction of sp³-hybridized carbons (Fsp3) is 0.500. The van der Waals surface area contributed by atoms with Crippen molar-refractivity contribution >= 4 is 12.6 Å². The average molecular weight is 261 g/mol. The topological polar surface area (TPSA) is 73.5 Å². The van der Waals surface area contributed by atoms with Gasteiger partial charge in [0, 0.05) is 0 Å². The van der Waals surface area contributed by atoms with Gasteiger partial charge in [0.2, 0.25) is 0 Å². The van der Waals surface area contributed by atoms with Gasteiger partial charge in [-0.2, -0.15) is 5.26 Å². The number of hydrogen-bond acceptors (Lipinski definition) is 4. The second kappa shape index (κ2) is 5.34. The van der Waals surface area contributed by atoms with E-state index >= 15 is 0 Å². The molecule has 4 nitrogen and oxygen atoms in total. The number of rotatable bonds is 4. The first-order valence-electron chi connectivity index (χ1n) is 6.17. The maximum atomic E-state index is 10.1. The zero-order valence-electron chi connectivity index (χ0n) is 12.1. The van der Waals surface area contributed by atoms with Gasteiger partial charge in [0.05, 0.1) is 22.8 Å². The molecule has 0 unspecified atom stereocenters. The second-order valence-corrected chi connectivity index (χ2v) is 5.72. The summed E-state index contributed by atoms with van der Waals surface area (Å²) in [6.07, 6.45) is 0. The summed E-state index contributed by atoms with van der Waals surface area (Å²) in [6.45, 7) is 8.50. The lowest BCUT2D eigenvalue weighted by molar-refractivity contribution is -0.0982. The third-order valence-corrected chi connectivity index (χ3v) is 3.54. The molecule has 2 N–H and O–H groups in total. The number of nitriles is 1. The van der Waals surface area contributed by atoms with Crippen molar-refractivity contribution in [2.45, 2.75) is 45.8 Å². The summed E-state index contributed by atoms with van der Waals surface area (Å²) >= 11 is 0. The summed E-state index contributed by atoms with van der Waals surface area (Å²) in [5.41, 5.74) is -0.0917. The molecule has 0 atom stereocenters. The molecule has 0 aliphatic rings. The van der Waals surface area contributed by atoms with Crippen LogP contribution >= 0.6 is 0 Å². The molecular weight excluding hydrogens is 241 g/mol. The third-order valence-electron chi connectivity index (χ3n) is 3.54. The Labute approximate surface area is 114 Å². The molecular formula is C14H20BNO3. The number of hydrogen-bond donors (Lipinski definition) is 2. The second-order valence-electron chi connectivity index (χ2n) is 5.72. The number of aliphatic hydroxyl groups is 1. The maximum Gasteiger partial charge on any atom is 0.491 e. The average Bonchev–Trinajstić information content (AvgIpc) is 2.26. The van der Waals surface area contributed by atoms with E-state index in [0.717, 1.165) is 5.56 Å². The minimum atomic E-state index is -1.14. The van der Waals surface area contributed by atoms with E-state index in [2.05, 4.69) is 0 Å². The fourth-order valence-corrected chi connectivity index (χ4v) is 1.51. The zero-order valence-corrected chi connectivity index (χ0v) is 12.1. The monoisotopic (exact) mass is 261 g/mol. The van der Waals surface area contributed by atoms with Crippen molar-refractivity contribution in [2.24, 2.45) is 0 Å². The van der Waals surface area contributed by atoms with Crippen LogP contribution in [0.15, 0.2) is 18.2 Å². The Morgan fingerprint density at radius 3 is 2.26 bits per heavy atom. The first-order chi connectivity index (χ1) is 8.58. The van der Waals surface area contributed by atoms with E-state index in [9.17, 15) is 10.1 Å². The van der Waals surface area contributed by atoms with Crippen LogP contribution in [0.25, 0.3) is 0 Å². The van der Waals surface area contributed by atoms with Gasteiger partial charge < -0.3 is 14.8 Å². The van der Waals surface area contributed by atoms with Crippen molar-refractivity contribution in [1.29, 1.82) is 5.26 Å². The summed E-state index contributed by atoms with van der Waals surface area (Å²) in [5.74, 6) is 0. The van der Waals surface area contributed by atoms with Gasteiger partial charge in [0.25, 0.3) is 0 Å². The number of benzene rings is 1. The van der Waals surface area contributed by atoms with E-state index in [-0.39, 0.29) is 0 Å². The predicted octanol–water partition coefficient (Wildman–Crippen LogP) is 1.12. The van der Waals surface area contributed by atoms with Gasteiger partial charge in [0.1, 0.15) is 0 Å². The van der Waals surface area contributed by atoms with Crippen LogP contribution in [0, 0.1) is 18.3 Å². The van der Waals surface area contributed by atoms with E-state index in [1.54, 1.807) is 52.8 Å². The highest BCUT2D eigenvalue weighted by atomic mass is 16.5. The molecule has 0 aliphatic heterocycles. The van der Waals surface area contributed by atoms with Crippen LogP contribution in [-0.4, -0.2) is 28.5 Å². The molecule has 0 amide bonds. The molecule has 1 aromatic carbocycles. The molecule has 19 heavy (non-hydrogen) atoms. The van der Waals surface area contributed by atoms with Crippen LogP contribution in [0.5, 0.6) is 0 Å². The molecule has 0 saturated carbocycles. The van der Waals surface area contributed by atoms with Crippen LogP contribution in [0.1, 0.15) is 38.8 Å². The van der Waals surface area contributed by atoms with Crippen molar-refractivity contribution in [3.05, 3.63) is 29.3 Å². The van der Waals surface area contributed by atoms with E-state index in [4.69, 9.17) is 9.92 Å². The lowest BCUT2D eigenvalue weighted by Gasteiger charge is -2.38. The van der Waals surface area contributed by atoms with E-state index in [1.165, 1.54) is 0 Å². The Bertz CT molecular complexity index is 500. The molecule has 102 valence electrons. The maximum absolute atomic E-state index is 10.1. The van der Waals surface area contributed by atoms with Crippen LogP contribution in [0.4, 0.5) is 0 Å². The van der Waals surface area contributed by atoms with Crippen LogP contribution in [-0.2, 0) is 4.65 Å². The molecule has 0 fully saturated rings. The number of aryl methyl sites for hydroxylation is 1. The molecule has 0 saturated heterocycles. The van der Waals surface area contributed by atoms with Gasteiger partial charge >= 0.3 is 7.12 Å². The predicted molar refractivity (Wildman–Crippen MR) is 75.0 cm³/mol. The van der Waals surface area contributed by atoms with E-state index < -0.39 is 18.3 Å². The quantitative estimate of drug-likeness (QED) is 0.796. The van der Waals surface area contributed by atoms with E-state index in [1.807, 2.05) is 6.07 Å². The highest BCUT2D eigenvalue weighted by Crippen LogP contribution is 2.25. The van der Waals surface area contributed by atoms with Gasteiger partial charge in [-0.3, -0.25) is 0 Å². The molecule has 0 radical (unpaired) electrons. The Morgan fingerprint density at radius 2 is 1.84 bits per heavy atom. The molecule has 0 aliphatic carbocycles. The smallest absolute Gasteiger partial charge is 0.423 e. The summed E-state index contributed by atoms with van der Waals surface area (Å²) in [5, 5.41) is 29.0. The summed E-state index contributed by atoms with van der Waals surface area (Å²) < 4.78 is 5.57. The van der Waals surface area contributed by atoms with Crippen LogP contribution in [0.3, 0.4) is 0 Å². The Balaban J connectivity index is 2.97. The molecule has 0 aromatic heterocycles. The van der Waals surface area contributed by atoms with Crippen molar-refractivity contribution in [3.63, 3.8) is 0 Å². The first kappa shape index (κ1) is 15.7. The SMILES string of the molecule is Cc1cc(C#N)ccc1B(O)OC(C)(C)C(C)(C)O. The number of nitrogens with zero attached hydrogens (tertiary/aromatic N) is 1. The molecule has 0 heterocycles. The Kier molecular flexibility index (Phi) is 4.41. The minimum Gasteiger partial charge on any atom is -0.423 e. The van der Waals surface area contributed by atoms with Crippen LogP contribution in [0.2, 0.25) is 0 Å². The summed E-state index contributed by atoms with van der Waals surface area (Å²) in [7, 11) is -1.14. The third kappa shape index (κ3) is 3.57. The van der Waals surface area contributed by atoms with Gasteiger partial charge in [-0.25, -0.2) is 0 Å². The summed E-state index contributed by atoms with van der Waals surface area (Å²) in [6, 6.07) is 7.03. The normalized spacial score (nSPS) is 12.1. The van der Waals surface area contributed by atoms with Crippen molar-refractivity contribution in [3.8, 4) is 6.07 Å². The molecule has 0 bridgehead atoms. The Hall–Kier alpha value is -1.35. The molecule has 5 heteroatoms. The molecule has 1 rings (SSSR count). The highest BCUT2D eigenvalue weighted by Gasteiger charge is 2.39. The van der Waals surface area contributed by atoms with E-state index in [0.29, 0.717) is 11.0 Å². The van der Waals surface area contributed by atoms with Crippen molar-refractivity contribution < 1.29 is 14.8 Å². The minimum absolute atomic E-state index is 0.537. The fourth-order valence-electron chi connectivity index (χ4n) is 1.51. The molecule has 0 spiro atoms. The summed E-state index contributed by atoms with van der Waals surface area (Å²) in [4.78, 5) is 0. The van der Waals surface area contributed by atoms with Gasteiger partial charge in [0.15, 0.2) is 0 Å². The highest BCUT2D eigenvalue weighted by molar-refractivity contribution is 6.60. The Morgan fingerprint density at radius 1 is 1.26 bits per heavy atom. The van der Waals surface area contributed by atoms with Crippen LogP contribution < -0.4 is 5.46 Å². The van der Waals surface area contributed by atoms with Gasteiger partial charge in [-0.1, -0.05) is 11.6 Å². The molecule has 1 aromatic rings. The van der Waals surface area contributed by atoms with Crippen molar-refractivity contribution in [2.75, 3.05) is 0 Å². The van der Waals surface area contributed by atoms with Crippen molar-refractivity contribution in [1.82, 2.24) is 0 Å². The lowest BCUT2D eigenvalue weighted by atomic mass is 9.74. The zero-order chi connectivity index (χ0) is 14.8. The van der Waals surface area contributed by atoms with Gasteiger partial charge in [-0.05, 0) is 52.2 Å². The first-order valence-corrected chi connectivity index (χ1v) is 6.17. The lowest BCUT2D eigenvalue weighted by Crippen LogP contribution is -2.53. The standard InChI is InChI=1S/C14H20BNO3/c1-10-8-11(9-16)6-7-12(10)15(18)19-14(4,5)13(2,3)17/h6-8,17-18H,1-5H3.